The number of nitrogens with zero attached hydrogens (tertiary/aromatic N) is 1. The van der Waals surface area contributed by atoms with Crippen molar-refractivity contribution in [1.82, 2.24) is 4.90 Å². The highest BCUT2D eigenvalue weighted by atomic mass is 16.7. The van der Waals surface area contributed by atoms with Crippen LogP contribution >= 0.6 is 0 Å². The number of esters is 1. The summed E-state index contributed by atoms with van der Waals surface area (Å²) in [5, 5.41) is 0. The molecule has 3 unspecified atom stereocenters. The first-order valence-electron chi connectivity index (χ1n) is 8.57. The summed E-state index contributed by atoms with van der Waals surface area (Å²) >= 11 is 0. The molecular weight excluding hydrogens is 338 g/mol. The van der Waals surface area contributed by atoms with E-state index in [1.54, 1.807) is 34.6 Å². The zero-order valence-corrected chi connectivity index (χ0v) is 15.6. The largest absolute Gasteiger partial charge is 0.458 e. The maximum absolute atomic E-state index is 12.8. The van der Waals surface area contributed by atoms with E-state index in [0.717, 1.165) is 4.90 Å². The van der Waals surface area contributed by atoms with E-state index in [1.807, 2.05) is 12.2 Å². The summed E-state index contributed by atoms with van der Waals surface area (Å²) in [6, 6.07) is -0.378. The summed E-state index contributed by atoms with van der Waals surface area (Å²) in [6.07, 6.45) is 4.19. The number of carbonyl (C=O) groups is 3. The second kappa shape index (κ2) is 6.30. The molecule has 2 aliphatic heterocycles. The molecule has 0 radical (unpaired) electrons. The van der Waals surface area contributed by atoms with Crippen molar-refractivity contribution >= 4 is 18.0 Å². The third kappa shape index (κ3) is 3.13. The number of allylic oxidation sites excluding steroid dienone is 1. The Morgan fingerprint density at radius 1 is 1.31 bits per heavy atom. The molecule has 3 atom stereocenters. The maximum Gasteiger partial charge on any atom is 0.417 e. The molecule has 0 aromatic heterocycles. The van der Waals surface area contributed by atoms with Gasteiger partial charge in [-0.05, 0) is 41.0 Å². The molecular formula is C19H23NO6. The molecule has 3 rings (SSSR count). The van der Waals surface area contributed by atoms with Gasteiger partial charge in [0.25, 0.3) is 12.2 Å². The second-order valence-corrected chi connectivity index (χ2v) is 7.67. The van der Waals surface area contributed by atoms with Gasteiger partial charge in [0.15, 0.2) is 0 Å². The van der Waals surface area contributed by atoms with Crippen molar-refractivity contribution in [3.63, 3.8) is 0 Å². The number of amides is 2. The number of likely N-dealkylation sites (tertiary alicyclic amines) is 1. The van der Waals surface area contributed by atoms with Crippen molar-refractivity contribution in [2.75, 3.05) is 0 Å². The lowest BCUT2D eigenvalue weighted by atomic mass is 9.98. The molecule has 140 valence electrons. The fourth-order valence-corrected chi connectivity index (χ4v) is 3.18. The average molecular weight is 361 g/mol. The molecule has 0 saturated carbocycles. The molecule has 1 aliphatic carbocycles. The van der Waals surface area contributed by atoms with E-state index in [2.05, 4.69) is 0 Å². The van der Waals surface area contributed by atoms with Gasteiger partial charge < -0.3 is 14.2 Å². The van der Waals surface area contributed by atoms with Crippen LogP contribution in [0.1, 0.15) is 41.0 Å². The van der Waals surface area contributed by atoms with E-state index in [4.69, 9.17) is 14.2 Å². The predicted molar refractivity (Wildman–Crippen MR) is 91.5 cm³/mol. The van der Waals surface area contributed by atoms with Gasteiger partial charge in [0, 0.05) is 17.1 Å². The zero-order chi connectivity index (χ0) is 19.2. The molecule has 1 saturated heterocycles. The van der Waals surface area contributed by atoms with Gasteiger partial charge >= 0.3 is 12.1 Å². The van der Waals surface area contributed by atoms with Crippen molar-refractivity contribution in [2.45, 2.75) is 59.0 Å². The number of cyclic esters (lactones) is 1. The minimum absolute atomic E-state index is 0.183. The monoisotopic (exact) mass is 361 g/mol. The molecule has 0 aromatic carbocycles. The highest BCUT2D eigenvalue weighted by Crippen LogP contribution is 2.39. The lowest BCUT2D eigenvalue weighted by molar-refractivity contribution is -0.153. The lowest BCUT2D eigenvalue weighted by Crippen LogP contribution is -2.42. The van der Waals surface area contributed by atoms with Crippen LogP contribution in [0.2, 0.25) is 0 Å². The Morgan fingerprint density at radius 3 is 2.58 bits per heavy atom. The van der Waals surface area contributed by atoms with Gasteiger partial charge in [-0.15, -0.1) is 0 Å². The van der Waals surface area contributed by atoms with Crippen LogP contribution < -0.4 is 0 Å². The maximum atomic E-state index is 12.8. The summed E-state index contributed by atoms with van der Waals surface area (Å²) in [5.74, 6) is -1.06. The molecule has 0 spiro atoms. The van der Waals surface area contributed by atoms with E-state index in [1.165, 1.54) is 6.26 Å². The SMILES string of the molecule is CC1=C(C)C(O/C=C2/C(=O)N(C(=O)OC(C)(C)C)C3C=CCC23)OC1=O. The van der Waals surface area contributed by atoms with Gasteiger partial charge in [-0.2, -0.15) is 0 Å². The molecule has 0 bridgehead atoms. The molecule has 7 heteroatoms. The summed E-state index contributed by atoms with van der Waals surface area (Å²) in [6.45, 7) is 8.65. The fraction of sp³-hybridized carbons (Fsp3) is 0.526. The normalized spacial score (nSPS) is 29.5. The number of fused-ring (bicyclic) bond motifs is 1. The Kier molecular flexibility index (Phi) is 4.42. The van der Waals surface area contributed by atoms with Crippen LogP contribution in [-0.2, 0) is 23.8 Å². The fourth-order valence-electron chi connectivity index (χ4n) is 3.18. The van der Waals surface area contributed by atoms with Crippen LogP contribution in [0.15, 0.2) is 35.1 Å². The molecule has 26 heavy (non-hydrogen) atoms. The molecule has 0 N–H and O–H groups in total. The van der Waals surface area contributed by atoms with Crippen LogP contribution in [0.5, 0.6) is 0 Å². The van der Waals surface area contributed by atoms with Gasteiger partial charge in [0.2, 0.25) is 0 Å². The van der Waals surface area contributed by atoms with E-state index in [9.17, 15) is 14.4 Å². The van der Waals surface area contributed by atoms with Crippen molar-refractivity contribution in [2.24, 2.45) is 5.92 Å². The van der Waals surface area contributed by atoms with E-state index in [-0.39, 0.29) is 12.0 Å². The standard InChI is InChI=1S/C19H23NO6/c1-10-11(2)17(25-16(10)22)24-9-13-12-7-6-8-14(12)20(15(13)21)18(23)26-19(3,4)5/h6,8-9,12,14,17H,7H2,1-5H3/b13-9+. The lowest BCUT2D eigenvalue weighted by Gasteiger charge is -2.25. The van der Waals surface area contributed by atoms with Gasteiger partial charge in [0.1, 0.15) is 5.60 Å². The predicted octanol–water partition coefficient (Wildman–Crippen LogP) is 2.83. The smallest absolute Gasteiger partial charge is 0.417 e. The molecule has 2 heterocycles. The first-order chi connectivity index (χ1) is 12.1. The summed E-state index contributed by atoms with van der Waals surface area (Å²) in [5.41, 5.74) is 0.846. The Morgan fingerprint density at radius 2 is 2.00 bits per heavy atom. The van der Waals surface area contributed by atoms with Crippen LogP contribution in [0.4, 0.5) is 4.79 Å². The molecule has 3 aliphatic rings. The number of carbonyl (C=O) groups excluding carboxylic acids is 3. The number of imide groups is 1. The molecule has 7 nitrogen and oxygen atoms in total. The van der Waals surface area contributed by atoms with Crippen molar-refractivity contribution in [1.29, 1.82) is 0 Å². The Balaban J connectivity index is 1.80. The van der Waals surface area contributed by atoms with Gasteiger partial charge in [-0.25, -0.2) is 14.5 Å². The first kappa shape index (κ1) is 18.2. The van der Waals surface area contributed by atoms with Crippen LogP contribution in [-0.4, -0.2) is 40.8 Å². The molecule has 1 fully saturated rings. The van der Waals surface area contributed by atoms with Gasteiger partial charge in [-0.3, -0.25) is 4.79 Å². The third-order valence-corrected chi connectivity index (χ3v) is 4.67. The summed E-state index contributed by atoms with van der Waals surface area (Å²) in [7, 11) is 0. The molecule has 0 aromatic rings. The van der Waals surface area contributed by atoms with Gasteiger partial charge in [-0.1, -0.05) is 12.2 Å². The van der Waals surface area contributed by atoms with E-state index < -0.39 is 29.9 Å². The Bertz CT molecular complexity index is 754. The number of rotatable bonds is 2. The minimum Gasteiger partial charge on any atom is -0.458 e. The topological polar surface area (TPSA) is 82.1 Å². The Hall–Kier alpha value is -2.57. The quantitative estimate of drug-likeness (QED) is 0.326. The van der Waals surface area contributed by atoms with E-state index in [0.29, 0.717) is 23.1 Å². The highest BCUT2D eigenvalue weighted by Gasteiger charge is 2.49. The van der Waals surface area contributed by atoms with Crippen molar-refractivity contribution in [3.05, 3.63) is 35.1 Å². The van der Waals surface area contributed by atoms with Crippen LogP contribution in [0, 0.1) is 5.92 Å². The van der Waals surface area contributed by atoms with Gasteiger partial charge in [0.05, 0.1) is 17.9 Å². The van der Waals surface area contributed by atoms with Crippen LogP contribution in [0.25, 0.3) is 0 Å². The van der Waals surface area contributed by atoms with Crippen molar-refractivity contribution < 1.29 is 28.6 Å². The molecule has 2 amide bonds. The van der Waals surface area contributed by atoms with Crippen molar-refractivity contribution in [3.8, 4) is 0 Å². The van der Waals surface area contributed by atoms with E-state index >= 15 is 0 Å². The second-order valence-electron chi connectivity index (χ2n) is 7.67. The Labute approximate surface area is 152 Å². The zero-order valence-electron chi connectivity index (χ0n) is 15.6. The first-order valence-corrected chi connectivity index (χ1v) is 8.57. The number of ether oxygens (including phenoxy) is 3. The average Bonchev–Trinajstić information content (AvgIpc) is 3.14. The minimum atomic E-state index is -0.841. The number of hydrogen-bond acceptors (Lipinski definition) is 6. The summed E-state index contributed by atoms with van der Waals surface area (Å²) < 4.78 is 16.0. The van der Waals surface area contributed by atoms with Crippen LogP contribution in [0.3, 0.4) is 0 Å². The third-order valence-electron chi connectivity index (χ3n) is 4.67. The highest BCUT2D eigenvalue weighted by molar-refractivity contribution is 6.06. The summed E-state index contributed by atoms with van der Waals surface area (Å²) in [4.78, 5) is 38.0. The number of hydrogen-bond donors (Lipinski definition) is 0.